The minimum absolute atomic E-state index is 0.0514. The molecule has 1 aliphatic heterocycles. The van der Waals surface area contributed by atoms with E-state index in [4.69, 9.17) is 4.98 Å². The average molecular weight is 419 g/mol. The second kappa shape index (κ2) is 6.90. The Morgan fingerprint density at radius 2 is 2.06 bits per heavy atom. The first kappa shape index (κ1) is 18.5. The Labute approximate surface area is 180 Å². The van der Waals surface area contributed by atoms with Gasteiger partial charge >= 0.3 is 0 Å². The fourth-order valence-corrected chi connectivity index (χ4v) is 5.02. The third-order valence-electron chi connectivity index (χ3n) is 7.01. The summed E-state index contributed by atoms with van der Waals surface area (Å²) in [6.45, 7) is 6.77. The molecular weight excluding hydrogens is 392 g/mol. The monoisotopic (exact) mass is 418 g/mol. The van der Waals surface area contributed by atoms with Crippen LogP contribution in [0.25, 0.3) is 0 Å². The van der Waals surface area contributed by atoms with Gasteiger partial charge in [-0.2, -0.15) is 15.0 Å². The summed E-state index contributed by atoms with van der Waals surface area (Å²) in [4.78, 5) is 21.4. The van der Waals surface area contributed by atoms with Crippen LogP contribution in [-0.2, 0) is 13.0 Å². The first-order valence-electron chi connectivity index (χ1n) is 11.0. The number of aromatic nitrogens is 6. The molecule has 1 amide bonds. The van der Waals surface area contributed by atoms with Crippen molar-refractivity contribution < 1.29 is 4.79 Å². The van der Waals surface area contributed by atoms with Crippen LogP contribution in [0, 0.1) is 25.7 Å². The number of carbonyl (C=O) groups excluding carboxylic acids is 1. The molecule has 0 aromatic carbocycles. The zero-order chi connectivity index (χ0) is 21.1. The summed E-state index contributed by atoms with van der Waals surface area (Å²) in [6, 6.07) is 4.14. The summed E-state index contributed by atoms with van der Waals surface area (Å²) in [5, 5.41) is 19.0. The number of aryl methyl sites for hydroxylation is 2. The highest BCUT2D eigenvalue weighted by atomic mass is 16.2. The fourth-order valence-electron chi connectivity index (χ4n) is 5.02. The van der Waals surface area contributed by atoms with E-state index in [0.717, 1.165) is 66.2 Å². The van der Waals surface area contributed by atoms with Crippen LogP contribution in [0.4, 0.5) is 5.82 Å². The standard InChI is InChI=1S/C22H26N8O/c1-12-14(3-6-20(24-12)29-9-15-7-16(15)10-29)11-30-23-8-19(28-30)22(31)25-18-5-4-17-13(2)26-27-21(17)18/h3,6,8,15-16,18H,4-5,7,9-11H2,1-2H3,(H,25,31)(H,26,27). The predicted octanol–water partition coefficient (Wildman–Crippen LogP) is 1.93. The number of hydrogen-bond acceptors (Lipinski definition) is 6. The lowest BCUT2D eigenvalue weighted by atomic mass is 10.2. The lowest BCUT2D eigenvalue weighted by molar-refractivity contribution is 0.0930. The van der Waals surface area contributed by atoms with Crippen LogP contribution in [0.5, 0.6) is 0 Å². The van der Waals surface area contributed by atoms with E-state index in [1.165, 1.54) is 18.2 Å². The van der Waals surface area contributed by atoms with Gasteiger partial charge in [-0.25, -0.2) is 4.98 Å². The zero-order valence-corrected chi connectivity index (χ0v) is 17.8. The van der Waals surface area contributed by atoms with E-state index in [2.05, 4.69) is 42.7 Å². The lowest BCUT2D eigenvalue weighted by Crippen LogP contribution is -2.28. The van der Waals surface area contributed by atoms with Crippen LogP contribution in [-0.4, -0.2) is 49.2 Å². The highest BCUT2D eigenvalue weighted by Crippen LogP contribution is 2.45. The molecule has 9 heteroatoms. The van der Waals surface area contributed by atoms with E-state index in [0.29, 0.717) is 12.2 Å². The van der Waals surface area contributed by atoms with E-state index in [9.17, 15) is 4.79 Å². The van der Waals surface area contributed by atoms with Gasteiger partial charge < -0.3 is 10.2 Å². The lowest BCUT2D eigenvalue weighted by Gasteiger charge is -2.20. The molecule has 31 heavy (non-hydrogen) atoms. The number of pyridine rings is 1. The van der Waals surface area contributed by atoms with Gasteiger partial charge in [0.1, 0.15) is 5.82 Å². The number of carbonyl (C=O) groups is 1. The molecule has 160 valence electrons. The highest BCUT2D eigenvalue weighted by molar-refractivity contribution is 5.92. The Morgan fingerprint density at radius 1 is 1.23 bits per heavy atom. The first-order valence-corrected chi connectivity index (χ1v) is 11.0. The van der Waals surface area contributed by atoms with Crippen LogP contribution in [0.15, 0.2) is 18.3 Å². The van der Waals surface area contributed by atoms with Gasteiger partial charge in [0, 0.05) is 18.8 Å². The molecule has 0 radical (unpaired) electrons. The van der Waals surface area contributed by atoms with Gasteiger partial charge in [-0.1, -0.05) is 6.07 Å². The molecule has 0 spiro atoms. The van der Waals surface area contributed by atoms with Crippen molar-refractivity contribution >= 4 is 11.7 Å². The summed E-state index contributed by atoms with van der Waals surface area (Å²) < 4.78 is 0. The van der Waals surface area contributed by atoms with Crippen molar-refractivity contribution in [1.29, 1.82) is 0 Å². The van der Waals surface area contributed by atoms with Crippen molar-refractivity contribution in [1.82, 2.24) is 35.5 Å². The van der Waals surface area contributed by atoms with Crippen LogP contribution < -0.4 is 10.2 Å². The molecule has 2 N–H and O–H groups in total. The molecule has 9 nitrogen and oxygen atoms in total. The highest BCUT2D eigenvalue weighted by Gasteiger charge is 2.45. The van der Waals surface area contributed by atoms with Crippen molar-refractivity contribution in [3.05, 3.63) is 52.2 Å². The third kappa shape index (κ3) is 3.28. The fraction of sp³-hybridized carbons (Fsp3) is 0.500. The molecule has 3 atom stereocenters. The summed E-state index contributed by atoms with van der Waals surface area (Å²) in [6.07, 6.45) is 4.71. The topological polar surface area (TPSA) is 105 Å². The Bertz CT molecular complexity index is 1150. The molecule has 6 rings (SSSR count). The van der Waals surface area contributed by atoms with E-state index < -0.39 is 0 Å². The molecule has 0 bridgehead atoms. The number of rotatable bonds is 5. The van der Waals surface area contributed by atoms with Gasteiger partial charge in [-0.05, 0) is 62.1 Å². The number of amides is 1. The maximum absolute atomic E-state index is 12.7. The zero-order valence-electron chi connectivity index (χ0n) is 17.8. The van der Waals surface area contributed by atoms with Gasteiger partial charge in [-0.15, -0.1) is 5.10 Å². The van der Waals surface area contributed by atoms with Crippen molar-refractivity contribution in [3.8, 4) is 0 Å². The van der Waals surface area contributed by atoms with Gasteiger partial charge in [0.15, 0.2) is 5.69 Å². The van der Waals surface area contributed by atoms with Crippen LogP contribution in [0.3, 0.4) is 0 Å². The molecule has 4 heterocycles. The van der Waals surface area contributed by atoms with Crippen LogP contribution in [0.1, 0.15) is 57.6 Å². The Morgan fingerprint density at radius 3 is 2.87 bits per heavy atom. The summed E-state index contributed by atoms with van der Waals surface area (Å²) >= 11 is 0. The first-order chi connectivity index (χ1) is 15.0. The van der Waals surface area contributed by atoms with Crippen molar-refractivity contribution in [2.24, 2.45) is 11.8 Å². The minimum atomic E-state index is -0.214. The molecule has 2 aliphatic carbocycles. The maximum atomic E-state index is 12.7. The number of hydrogen-bond donors (Lipinski definition) is 2. The second-order valence-electron chi connectivity index (χ2n) is 9.10. The third-order valence-corrected chi connectivity index (χ3v) is 7.01. The molecule has 1 saturated carbocycles. The van der Waals surface area contributed by atoms with E-state index in [1.54, 1.807) is 4.80 Å². The van der Waals surface area contributed by atoms with E-state index in [1.807, 2.05) is 13.8 Å². The normalized spacial score (nSPS) is 23.7. The van der Waals surface area contributed by atoms with Crippen molar-refractivity contribution in [2.45, 2.75) is 45.7 Å². The van der Waals surface area contributed by atoms with Crippen molar-refractivity contribution in [3.63, 3.8) is 0 Å². The number of anilines is 1. The Balaban J connectivity index is 1.12. The minimum Gasteiger partial charge on any atom is -0.356 e. The van der Waals surface area contributed by atoms with Gasteiger partial charge in [0.05, 0.1) is 30.2 Å². The number of nitrogens with one attached hydrogen (secondary N) is 2. The maximum Gasteiger partial charge on any atom is 0.274 e. The molecule has 3 aromatic rings. The molecule has 3 aliphatic rings. The Hall–Kier alpha value is -3.23. The number of aromatic amines is 1. The summed E-state index contributed by atoms with van der Waals surface area (Å²) in [5.41, 5.74) is 5.60. The summed E-state index contributed by atoms with van der Waals surface area (Å²) in [5.74, 6) is 2.61. The van der Waals surface area contributed by atoms with Gasteiger partial charge in [0.2, 0.25) is 0 Å². The predicted molar refractivity (Wildman–Crippen MR) is 114 cm³/mol. The van der Waals surface area contributed by atoms with Gasteiger partial charge in [-0.3, -0.25) is 9.89 Å². The van der Waals surface area contributed by atoms with E-state index >= 15 is 0 Å². The summed E-state index contributed by atoms with van der Waals surface area (Å²) in [7, 11) is 0. The SMILES string of the molecule is Cc1nc(N2CC3CC3C2)ccc1Cn1ncc(C(=O)NC2CCc3c(C)n[nH]c32)n1. The molecular formula is C22H26N8O. The second-order valence-corrected chi connectivity index (χ2v) is 9.10. The number of nitrogens with zero attached hydrogens (tertiary/aromatic N) is 6. The number of H-pyrrole nitrogens is 1. The Kier molecular flexibility index (Phi) is 4.12. The molecule has 3 aromatic heterocycles. The average Bonchev–Trinajstić information content (AvgIpc) is 3.22. The quantitative estimate of drug-likeness (QED) is 0.656. The molecule has 3 unspecified atom stereocenters. The molecule has 2 fully saturated rings. The van der Waals surface area contributed by atoms with Crippen LogP contribution >= 0.6 is 0 Å². The van der Waals surface area contributed by atoms with Crippen LogP contribution in [0.2, 0.25) is 0 Å². The van der Waals surface area contributed by atoms with E-state index in [-0.39, 0.29) is 11.9 Å². The number of fused-ring (bicyclic) bond motifs is 2. The van der Waals surface area contributed by atoms with Gasteiger partial charge in [0.25, 0.3) is 5.91 Å². The molecule has 1 saturated heterocycles. The smallest absolute Gasteiger partial charge is 0.274 e. The number of piperidine rings is 1. The van der Waals surface area contributed by atoms with Crippen molar-refractivity contribution in [2.75, 3.05) is 18.0 Å². The largest absolute Gasteiger partial charge is 0.356 e.